The van der Waals surface area contributed by atoms with Gasteiger partial charge in [-0.05, 0) is 23.4 Å². The number of benzene rings is 1. The third kappa shape index (κ3) is 4.59. The van der Waals surface area contributed by atoms with Crippen molar-refractivity contribution >= 4 is 47.0 Å². The molecule has 1 aromatic carbocycles. The normalized spacial score (nSPS) is 20.3. The van der Waals surface area contributed by atoms with Crippen molar-refractivity contribution in [1.29, 1.82) is 0 Å². The van der Waals surface area contributed by atoms with E-state index in [4.69, 9.17) is 27.9 Å². The molecular formula is C16H18Cl2N2O3S. The van der Waals surface area contributed by atoms with Gasteiger partial charge in [0.2, 0.25) is 0 Å². The van der Waals surface area contributed by atoms with Gasteiger partial charge in [-0.2, -0.15) is 11.8 Å². The summed E-state index contributed by atoms with van der Waals surface area (Å²) in [7, 11) is 0. The van der Waals surface area contributed by atoms with Crippen LogP contribution in [0, 0.1) is 5.92 Å². The van der Waals surface area contributed by atoms with E-state index in [1.54, 1.807) is 30.0 Å². The molecule has 1 aliphatic heterocycles. The molecule has 0 unspecified atom stereocenters. The zero-order chi connectivity index (χ0) is 17.7. The van der Waals surface area contributed by atoms with Crippen molar-refractivity contribution in [3.05, 3.63) is 46.1 Å². The Morgan fingerprint density at radius 2 is 2.12 bits per heavy atom. The lowest BCUT2D eigenvalue weighted by Crippen LogP contribution is -2.51. The SMILES string of the molecule is C=C1NC(=O)N[C@@H](c2ccc(Cl)c(Cl)c2)[C@H]1C(=O)OCCSCC. The van der Waals surface area contributed by atoms with E-state index in [9.17, 15) is 9.59 Å². The summed E-state index contributed by atoms with van der Waals surface area (Å²) in [6.45, 7) is 6.14. The highest BCUT2D eigenvalue weighted by Crippen LogP contribution is 2.33. The number of rotatable bonds is 6. The predicted molar refractivity (Wildman–Crippen MR) is 97.5 cm³/mol. The molecule has 5 nitrogen and oxygen atoms in total. The number of carbonyl (C=O) groups is 2. The molecule has 1 heterocycles. The quantitative estimate of drug-likeness (QED) is 0.574. The van der Waals surface area contributed by atoms with Gasteiger partial charge in [-0.25, -0.2) is 4.79 Å². The molecule has 0 saturated carbocycles. The lowest BCUT2D eigenvalue weighted by Gasteiger charge is -2.33. The number of hydrogen-bond donors (Lipinski definition) is 2. The maximum Gasteiger partial charge on any atom is 0.319 e. The smallest absolute Gasteiger partial charge is 0.319 e. The van der Waals surface area contributed by atoms with E-state index in [2.05, 4.69) is 17.2 Å². The van der Waals surface area contributed by atoms with Crippen molar-refractivity contribution in [1.82, 2.24) is 10.6 Å². The molecule has 1 saturated heterocycles. The minimum atomic E-state index is -0.744. The summed E-state index contributed by atoms with van der Waals surface area (Å²) in [5.74, 6) is 0.488. The summed E-state index contributed by atoms with van der Waals surface area (Å²) in [6.07, 6.45) is 0. The van der Waals surface area contributed by atoms with Crippen LogP contribution in [0.2, 0.25) is 10.0 Å². The minimum absolute atomic E-state index is 0.294. The molecule has 8 heteroatoms. The van der Waals surface area contributed by atoms with Gasteiger partial charge in [-0.15, -0.1) is 0 Å². The molecule has 24 heavy (non-hydrogen) atoms. The van der Waals surface area contributed by atoms with Crippen LogP contribution >= 0.6 is 35.0 Å². The summed E-state index contributed by atoms with van der Waals surface area (Å²) in [6, 6.07) is 3.91. The van der Waals surface area contributed by atoms with Crippen LogP contribution in [0.5, 0.6) is 0 Å². The van der Waals surface area contributed by atoms with E-state index in [1.165, 1.54) is 0 Å². The fourth-order valence-electron chi connectivity index (χ4n) is 2.38. The molecule has 0 aliphatic carbocycles. The van der Waals surface area contributed by atoms with Crippen LogP contribution < -0.4 is 10.6 Å². The van der Waals surface area contributed by atoms with Crippen molar-refractivity contribution in [2.24, 2.45) is 5.92 Å². The molecule has 0 aromatic heterocycles. The number of amides is 2. The Morgan fingerprint density at radius 3 is 2.79 bits per heavy atom. The summed E-state index contributed by atoms with van der Waals surface area (Å²) >= 11 is 13.7. The maximum atomic E-state index is 12.5. The standard InChI is InChI=1S/C16H18Cl2N2O3S/c1-3-24-7-6-23-15(21)13-9(2)19-16(22)20-14(13)10-4-5-11(17)12(18)8-10/h4-5,8,13-14H,2-3,6-7H2,1H3,(H2,19,20,22)/t13-,14-/m0/s1. The highest BCUT2D eigenvalue weighted by Gasteiger charge is 2.39. The Labute approximate surface area is 155 Å². The Hall–Kier alpha value is -1.37. The fraction of sp³-hybridized carbons (Fsp3) is 0.375. The topological polar surface area (TPSA) is 67.4 Å². The molecule has 1 aliphatic rings. The number of hydrogen-bond acceptors (Lipinski definition) is 4. The lowest BCUT2D eigenvalue weighted by atomic mass is 9.89. The molecule has 0 bridgehead atoms. The van der Waals surface area contributed by atoms with Crippen LogP contribution in [0.25, 0.3) is 0 Å². The van der Waals surface area contributed by atoms with Crippen LogP contribution in [0.15, 0.2) is 30.5 Å². The van der Waals surface area contributed by atoms with Gasteiger partial charge in [0.15, 0.2) is 0 Å². The van der Waals surface area contributed by atoms with Gasteiger partial charge in [-0.1, -0.05) is 42.8 Å². The van der Waals surface area contributed by atoms with Crippen molar-refractivity contribution in [2.45, 2.75) is 13.0 Å². The van der Waals surface area contributed by atoms with E-state index in [0.717, 1.165) is 11.5 Å². The minimum Gasteiger partial charge on any atom is -0.464 e. The Balaban J connectivity index is 2.20. The summed E-state index contributed by atoms with van der Waals surface area (Å²) in [5, 5.41) is 6.00. The predicted octanol–water partition coefficient (Wildman–Crippen LogP) is 3.77. The second kappa shape index (κ2) is 8.65. The molecule has 0 spiro atoms. The Morgan fingerprint density at radius 1 is 1.38 bits per heavy atom. The average Bonchev–Trinajstić information content (AvgIpc) is 2.53. The number of ether oxygens (including phenoxy) is 1. The lowest BCUT2D eigenvalue weighted by molar-refractivity contribution is -0.147. The van der Waals surface area contributed by atoms with Crippen molar-refractivity contribution in [2.75, 3.05) is 18.1 Å². The summed E-state index contributed by atoms with van der Waals surface area (Å²) < 4.78 is 5.32. The molecule has 2 rings (SSSR count). The number of nitrogens with one attached hydrogen (secondary N) is 2. The third-order valence-electron chi connectivity index (χ3n) is 3.50. The van der Waals surface area contributed by atoms with Crippen molar-refractivity contribution in [3.63, 3.8) is 0 Å². The number of urea groups is 1. The van der Waals surface area contributed by atoms with Gasteiger partial charge in [0.25, 0.3) is 0 Å². The molecule has 1 fully saturated rings. The van der Waals surface area contributed by atoms with Crippen LogP contribution in [0.3, 0.4) is 0 Å². The number of esters is 1. The third-order valence-corrected chi connectivity index (χ3v) is 5.10. The zero-order valence-corrected chi connectivity index (χ0v) is 15.4. The van der Waals surface area contributed by atoms with E-state index in [-0.39, 0.29) is 0 Å². The van der Waals surface area contributed by atoms with Gasteiger partial charge in [-0.3, -0.25) is 4.79 Å². The summed E-state index contributed by atoms with van der Waals surface area (Å²) in [4.78, 5) is 24.3. The summed E-state index contributed by atoms with van der Waals surface area (Å²) in [5.41, 5.74) is 0.952. The molecule has 1 aromatic rings. The highest BCUT2D eigenvalue weighted by atomic mass is 35.5. The largest absolute Gasteiger partial charge is 0.464 e. The molecule has 2 N–H and O–H groups in total. The van der Waals surface area contributed by atoms with Crippen LogP contribution in [0.4, 0.5) is 4.79 Å². The number of halogens is 2. The zero-order valence-electron chi connectivity index (χ0n) is 13.1. The molecule has 0 radical (unpaired) electrons. The first kappa shape index (κ1) is 19.0. The van der Waals surface area contributed by atoms with Crippen LogP contribution in [-0.4, -0.2) is 30.1 Å². The van der Waals surface area contributed by atoms with Crippen LogP contribution in [0.1, 0.15) is 18.5 Å². The fourth-order valence-corrected chi connectivity index (χ4v) is 3.18. The second-order valence-electron chi connectivity index (χ2n) is 5.12. The molecule has 2 amide bonds. The second-order valence-corrected chi connectivity index (χ2v) is 7.33. The first-order valence-electron chi connectivity index (χ1n) is 7.39. The van der Waals surface area contributed by atoms with Gasteiger partial charge in [0.05, 0.1) is 16.1 Å². The monoisotopic (exact) mass is 388 g/mol. The highest BCUT2D eigenvalue weighted by molar-refractivity contribution is 7.99. The van der Waals surface area contributed by atoms with Gasteiger partial charge >= 0.3 is 12.0 Å². The first-order valence-corrected chi connectivity index (χ1v) is 9.30. The maximum absolute atomic E-state index is 12.5. The molecule has 130 valence electrons. The van der Waals surface area contributed by atoms with Gasteiger partial charge < -0.3 is 15.4 Å². The first-order chi connectivity index (χ1) is 11.4. The molecule has 2 atom stereocenters. The van der Waals surface area contributed by atoms with E-state index in [0.29, 0.717) is 27.9 Å². The molecular weight excluding hydrogens is 371 g/mol. The van der Waals surface area contributed by atoms with Crippen LogP contribution in [-0.2, 0) is 9.53 Å². The van der Waals surface area contributed by atoms with Gasteiger partial charge in [0, 0.05) is 11.4 Å². The number of carbonyl (C=O) groups excluding carboxylic acids is 2. The number of thioether (sulfide) groups is 1. The Kier molecular flexibility index (Phi) is 6.83. The van der Waals surface area contributed by atoms with Gasteiger partial charge in [0.1, 0.15) is 12.5 Å². The van der Waals surface area contributed by atoms with Crippen molar-refractivity contribution < 1.29 is 14.3 Å². The van der Waals surface area contributed by atoms with E-state index in [1.807, 2.05) is 6.92 Å². The average molecular weight is 389 g/mol. The van der Waals surface area contributed by atoms with E-state index < -0.39 is 24.0 Å². The van der Waals surface area contributed by atoms with E-state index >= 15 is 0 Å². The Bertz CT molecular complexity index is 654. The van der Waals surface area contributed by atoms with Crippen molar-refractivity contribution in [3.8, 4) is 0 Å².